The van der Waals surface area contributed by atoms with Crippen molar-refractivity contribution in [3.63, 3.8) is 0 Å². The van der Waals surface area contributed by atoms with Gasteiger partial charge in [-0.25, -0.2) is 0 Å². The number of hydrogen-bond donors (Lipinski definition) is 1. The van der Waals surface area contributed by atoms with Crippen LogP contribution in [0.2, 0.25) is 5.02 Å². The van der Waals surface area contributed by atoms with E-state index in [-0.39, 0.29) is 6.10 Å². The van der Waals surface area contributed by atoms with Crippen LogP contribution in [-0.2, 0) is 4.74 Å². The summed E-state index contributed by atoms with van der Waals surface area (Å²) in [6, 6.07) is 5.32. The first kappa shape index (κ1) is 12.6. The van der Waals surface area contributed by atoms with E-state index in [4.69, 9.17) is 39.0 Å². The number of halogens is 1. The van der Waals surface area contributed by atoms with E-state index in [9.17, 15) is 0 Å². The largest absolute Gasteiger partial charge is 0.491 e. The smallest absolute Gasteiger partial charge is 0.120 e. The lowest BCUT2D eigenvalue weighted by atomic mass is 10.2. The van der Waals surface area contributed by atoms with Crippen molar-refractivity contribution in [3.05, 3.63) is 28.8 Å². The van der Waals surface area contributed by atoms with Gasteiger partial charge >= 0.3 is 0 Å². The molecule has 0 spiro atoms. The molecule has 92 valence electrons. The first-order valence-corrected chi connectivity index (χ1v) is 6.29. The normalized spacial score (nSPS) is 19.2. The second-order valence-corrected chi connectivity index (χ2v) is 4.80. The van der Waals surface area contributed by atoms with Crippen molar-refractivity contribution in [2.24, 2.45) is 5.73 Å². The van der Waals surface area contributed by atoms with Crippen molar-refractivity contribution in [1.82, 2.24) is 0 Å². The summed E-state index contributed by atoms with van der Waals surface area (Å²) >= 11 is 10.9. The number of benzene rings is 1. The van der Waals surface area contributed by atoms with Gasteiger partial charge in [0.2, 0.25) is 0 Å². The predicted octanol–water partition coefficient (Wildman–Crippen LogP) is 2.53. The monoisotopic (exact) mass is 271 g/mol. The molecule has 0 radical (unpaired) electrons. The number of ether oxygens (including phenoxy) is 2. The average molecular weight is 272 g/mol. The molecule has 1 aliphatic rings. The van der Waals surface area contributed by atoms with Gasteiger partial charge in [0.15, 0.2) is 0 Å². The van der Waals surface area contributed by atoms with Crippen LogP contribution in [0.15, 0.2) is 18.2 Å². The van der Waals surface area contributed by atoms with Crippen LogP contribution in [0.1, 0.15) is 18.4 Å². The second-order valence-electron chi connectivity index (χ2n) is 3.95. The number of rotatable bonds is 4. The van der Waals surface area contributed by atoms with Crippen LogP contribution in [0, 0.1) is 0 Å². The lowest BCUT2D eigenvalue weighted by Crippen LogP contribution is -2.16. The predicted molar refractivity (Wildman–Crippen MR) is 71.8 cm³/mol. The average Bonchev–Trinajstić information content (AvgIpc) is 2.78. The molecule has 2 N–H and O–H groups in total. The summed E-state index contributed by atoms with van der Waals surface area (Å²) in [5.41, 5.74) is 6.20. The summed E-state index contributed by atoms with van der Waals surface area (Å²) in [5.74, 6) is 0.713. The van der Waals surface area contributed by atoms with Gasteiger partial charge in [-0.3, -0.25) is 0 Å². The highest BCUT2D eigenvalue weighted by atomic mass is 35.5. The zero-order valence-electron chi connectivity index (χ0n) is 9.32. The van der Waals surface area contributed by atoms with Crippen molar-refractivity contribution < 1.29 is 9.47 Å². The van der Waals surface area contributed by atoms with Crippen LogP contribution in [-0.4, -0.2) is 24.3 Å². The van der Waals surface area contributed by atoms with Crippen molar-refractivity contribution in [3.8, 4) is 5.75 Å². The van der Waals surface area contributed by atoms with Crippen molar-refractivity contribution in [1.29, 1.82) is 0 Å². The molecule has 0 amide bonds. The fraction of sp³-hybridized carbons (Fsp3) is 0.417. The zero-order valence-corrected chi connectivity index (χ0v) is 10.9. The van der Waals surface area contributed by atoms with Crippen LogP contribution in [0.5, 0.6) is 5.75 Å². The molecule has 2 rings (SSSR count). The Hall–Kier alpha value is -0.840. The minimum absolute atomic E-state index is 0.198. The topological polar surface area (TPSA) is 44.5 Å². The fourth-order valence-corrected chi connectivity index (χ4v) is 2.26. The molecule has 1 aromatic carbocycles. The highest BCUT2D eigenvalue weighted by Crippen LogP contribution is 2.23. The van der Waals surface area contributed by atoms with Gasteiger partial charge < -0.3 is 15.2 Å². The molecule has 1 aromatic rings. The number of nitrogens with two attached hydrogens (primary N) is 1. The molecule has 1 fully saturated rings. The first-order valence-electron chi connectivity index (χ1n) is 5.50. The molecule has 1 unspecified atom stereocenters. The number of hydrogen-bond acceptors (Lipinski definition) is 3. The maximum absolute atomic E-state index is 6.04. The highest BCUT2D eigenvalue weighted by Gasteiger charge is 2.16. The number of thiocarbonyl (C=S) groups is 1. The standard InChI is InChI=1S/C12H14ClNO2S/c13-11-6-8(3-4-10(11)12(14)17)16-7-9-2-1-5-15-9/h3-4,6,9H,1-2,5,7H2,(H2,14,17). The fourth-order valence-electron chi connectivity index (χ4n) is 1.75. The molecular weight excluding hydrogens is 258 g/mol. The van der Waals surface area contributed by atoms with E-state index >= 15 is 0 Å². The van der Waals surface area contributed by atoms with Crippen molar-refractivity contribution in [2.75, 3.05) is 13.2 Å². The van der Waals surface area contributed by atoms with Gasteiger partial charge in [0.05, 0.1) is 11.1 Å². The van der Waals surface area contributed by atoms with E-state index in [0.717, 1.165) is 19.4 Å². The second kappa shape index (κ2) is 5.67. The van der Waals surface area contributed by atoms with E-state index in [1.165, 1.54) is 0 Å². The van der Waals surface area contributed by atoms with Crippen LogP contribution < -0.4 is 10.5 Å². The van der Waals surface area contributed by atoms with E-state index in [1.807, 2.05) is 6.07 Å². The van der Waals surface area contributed by atoms with Crippen molar-refractivity contribution >= 4 is 28.8 Å². The minimum atomic E-state index is 0.198. The maximum atomic E-state index is 6.04. The van der Waals surface area contributed by atoms with Crippen LogP contribution in [0.3, 0.4) is 0 Å². The third-order valence-electron chi connectivity index (χ3n) is 2.67. The summed E-state index contributed by atoms with van der Waals surface area (Å²) in [5, 5.41) is 0.516. The molecule has 0 saturated carbocycles. The molecule has 0 bridgehead atoms. The van der Waals surface area contributed by atoms with Crippen LogP contribution in [0.25, 0.3) is 0 Å². The Labute approximate surface area is 111 Å². The molecule has 0 aliphatic carbocycles. The van der Waals surface area contributed by atoms with Crippen LogP contribution >= 0.6 is 23.8 Å². The quantitative estimate of drug-likeness (QED) is 0.855. The van der Waals surface area contributed by atoms with Crippen molar-refractivity contribution in [2.45, 2.75) is 18.9 Å². The van der Waals surface area contributed by atoms with E-state index in [2.05, 4.69) is 0 Å². The lowest BCUT2D eigenvalue weighted by Gasteiger charge is -2.12. The Balaban J connectivity index is 1.97. The summed E-state index contributed by atoms with van der Waals surface area (Å²) in [6.45, 7) is 1.39. The van der Waals surface area contributed by atoms with E-state index in [0.29, 0.717) is 27.9 Å². The third-order valence-corrected chi connectivity index (χ3v) is 3.20. The first-order chi connectivity index (χ1) is 8.16. The Morgan fingerprint density at radius 2 is 2.41 bits per heavy atom. The summed E-state index contributed by atoms with van der Waals surface area (Å²) < 4.78 is 11.1. The SMILES string of the molecule is NC(=S)c1ccc(OCC2CCCO2)cc1Cl. The Kier molecular flexibility index (Phi) is 4.20. The molecule has 0 aromatic heterocycles. The van der Waals surface area contributed by atoms with Gasteiger partial charge in [-0.15, -0.1) is 0 Å². The summed E-state index contributed by atoms with van der Waals surface area (Å²) in [6.07, 6.45) is 2.36. The molecule has 1 heterocycles. The molecule has 1 saturated heterocycles. The summed E-state index contributed by atoms with van der Waals surface area (Å²) in [4.78, 5) is 0.292. The lowest BCUT2D eigenvalue weighted by molar-refractivity contribution is 0.0679. The Morgan fingerprint density at radius 1 is 1.59 bits per heavy atom. The minimum Gasteiger partial charge on any atom is -0.491 e. The molecule has 1 atom stereocenters. The van der Waals surface area contributed by atoms with Gasteiger partial charge in [-0.2, -0.15) is 0 Å². The summed E-state index contributed by atoms with van der Waals surface area (Å²) in [7, 11) is 0. The van der Waals surface area contributed by atoms with E-state index < -0.39 is 0 Å². The molecule has 1 aliphatic heterocycles. The van der Waals surface area contributed by atoms with Gasteiger partial charge in [-0.1, -0.05) is 23.8 Å². The molecular formula is C12H14ClNO2S. The Bertz CT molecular complexity index is 419. The molecule has 5 heteroatoms. The van der Waals surface area contributed by atoms with Gasteiger partial charge in [0, 0.05) is 12.2 Å². The van der Waals surface area contributed by atoms with Gasteiger partial charge in [-0.05, 0) is 31.0 Å². The molecule has 3 nitrogen and oxygen atoms in total. The molecule has 17 heavy (non-hydrogen) atoms. The zero-order chi connectivity index (χ0) is 12.3. The Morgan fingerprint density at radius 3 is 3.00 bits per heavy atom. The van der Waals surface area contributed by atoms with Gasteiger partial charge in [0.25, 0.3) is 0 Å². The highest BCUT2D eigenvalue weighted by molar-refractivity contribution is 7.80. The van der Waals surface area contributed by atoms with E-state index in [1.54, 1.807) is 12.1 Å². The van der Waals surface area contributed by atoms with Gasteiger partial charge in [0.1, 0.15) is 17.3 Å². The maximum Gasteiger partial charge on any atom is 0.120 e. The third kappa shape index (κ3) is 3.31. The van der Waals surface area contributed by atoms with Crippen LogP contribution in [0.4, 0.5) is 0 Å².